The van der Waals surface area contributed by atoms with Gasteiger partial charge in [0.1, 0.15) is 17.0 Å². The average molecular weight is 293 g/mol. The van der Waals surface area contributed by atoms with Crippen molar-refractivity contribution in [3.8, 4) is 5.75 Å². The van der Waals surface area contributed by atoms with E-state index in [0.29, 0.717) is 11.6 Å². The Morgan fingerprint density at radius 2 is 2.25 bits per heavy atom. The van der Waals surface area contributed by atoms with Crippen LogP contribution < -0.4 is 4.74 Å². The second-order valence-corrected chi connectivity index (χ2v) is 5.58. The van der Waals surface area contributed by atoms with Gasteiger partial charge in [0.15, 0.2) is 0 Å². The first-order chi connectivity index (χ1) is 9.56. The molecule has 1 aromatic heterocycles. The normalized spacial score (nSPS) is 18.7. The smallest absolute Gasteiger partial charge is 0.130 e. The van der Waals surface area contributed by atoms with Crippen LogP contribution >= 0.6 is 11.6 Å². The number of halogens is 1. The summed E-state index contributed by atoms with van der Waals surface area (Å²) in [4.78, 5) is 0. The summed E-state index contributed by atoms with van der Waals surface area (Å²) in [6.45, 7) is 1.90. The number of benzene rings is 1. The predicted molar refractivity (Wildman–Crippen MR) is 77.2 cm³/mol. The van der Waals surface area contributed by atoms with E-state index in [4.69, 9.17) is 16.3 Å². The molecule has 106 valence electrons. The van der Waals surface area contributed by atoms with Crippen LogP contribution in [-0.2, 0) is 19.9 Å². The predicted octanol–water partition coefficient (Wildman–Crippen LogP) is 2.29. The van der Waals surface area contributed by atoms with Crippen molar-refractivity contribution in [3.05, 3.63) is 46.2 Å². The largest absolute Gasteiger partial charge is 0.487 e. The number of hydrogen-bond acceptors (Lipinski definition) is 3. The number of para-hydroxylation sites is 1. The molecule has 1 aliphatic rings. The second kappa shape index (κ2) is 5.11. The topological polar surface area (TPSA) is 47.3 Å². The number of nitrogens with zero attached hydrogens (tertiary/aromatic N) is 2. The molecule has 1 aromatic carbocycles. The van der Waals surface area contributed by atoms with Gasteiger partial charge in [-0.05, 0) is 18.6 Å². The van der Waals surface area contributed by atoms with Gasteiger partial charge in [-0.2, -0.15) is 5.10 Å². The Labute approximate surface area is 122 Å². The maximum Gasteiger partial charge on any atom is 0.130 e. The highest BCUT2D eigenvalue weighted by atomic mass is 35.5. The first-order valence-corrected chi connectivity index (χ1v) is 7.04. The number of aryl methyl sites for hydroxylation is 2. The zero-order valence-corrected chi connectivity index (χ0v) is 12.3. The zero-order valence-electron chi connectivity index (χ0n) is 11.5. The van der Waals surface area contributed by atoms with E-state index >= 15 is 0 Å². The molecule has 2 atom stereocenters. The quantitative estimate of drug-likeness (QED) is 0.944. The minimum Gasteiger partial charge on any atom is -0.487 e. The van der Waals surface area contributed by atoms with Crippen molar-refractivity contribution < 1.29 is 9.84 Å². The summed E-state index contributed by atoms with van der Waals surface area (Å²) < 4.78 is 7.44. The molecule has 20 heavy (non-hydrogen) atoms. The number of aromatic nitrogens is 2. The van der Waals surface area contributed by atoms with Gasteiger partial charge in [0.05, 0.1) is 11.8 Å². The summed E-state index contributed by atoms with van der Waals surface area (Å²) in [7, 11) is 1.80. The molecule has 0 radical (unpaired) electrons. The molecule has 0 fully saturated rings. The number of aliphatic hydroxyl groups excluding tert-OH is 1. The molecule has 0 bridgehead atoms. The third-order valence-corrected chi connectivity index (χ3v) is 4.26. The summed E-state index contributed by atoms with van der Waals surface area (Å²) in [6, 6.07) is 7.89. The van der Waals surface area contributed by atoms with Gasteiger partial charge in [0.25, 0.3) is 0 Å². The number of rotatable bonds is 3. The van der Waals surface area contributed by atoms with E-state index in [1.807, 2.05) is 31.2 Å². The standard InChI is InChI=1S/C15H17ClN2O2/c1-9-11(15(16)18(2)17-9)8-12(19)14-7-10-5-3-4-6-13(10)20-14/h3-6,12,14,19H,7-8H2,1-2H3. The van der Waals surface area contributed by atoms with Crippen LogP contribution in [0, 0.1) is 6.92 Å². The van der Waals surface area contributed by atoms with Gasteiger partial charge in [0.2, 0.25) is 0 Å². The SMILES string of the molecule is Cc1nn(C)c(Cl)c1CC(O)C1Cc2ccccc2O1. The van der Waals surface area contributed by atoms with Crippen LogP contribution in [0.15, 0.2) is 24.3 Å². The molecule has 2 aromatic rings. The third kappa shape index (κ3) is 2.30. The van der Waals surface area contributed by atoms with Gasteiger partial charge in [-0.1, -0.05) is 29.8 Å². The van der Waals surface area contributed by atoms with E-state index in [9.17, 15) is 5.11 Å². The van der Waals surface area contributed by atoms with Gasteiger partial charge in [-0.15, -0.1) is 0 Å². The zero-order chi connectivity index (χ0) is 14.3. The highest BCUT2D eigenvalue weighted by Gasteiger charge is 2.30. The third-order valence-electron chi connectivity index (χ3n) is 3.78. The Kier molecular flexibility index (Phi) is 3.44. The number of hydrogen-bond donors (Lipinski definition) is 1. The summed E-state index contributed by atoms with van der Waals surface area (Å²) in [5, 5.41) is 15.3. The molecule has 1 aliphatic heterocycles. The van der Waals surface area contributed by atoms with Gasteiger partial charge in [-0.25, -0.2) is 0 Å². The van der Waals surface area contributed by atoms with E-state index in [2.05, 4.69) is 5.10 Å². The van der Waals surface area contributed by atoms with E-state index in [1.54, 1.807) is 11.7 Å². The number of fused-ring (bicyclic) bond motifs is 1. The minimum atomic E-state index is -0.595. The highest BCUT2D eigenvalue weighted by molar-refractivity contribution is 6.30. The summed E-state index contributed by atoms with van der Waals surface area (Å²) in [5.41, 5.74) is 2.89. The first-order valence-electron chi connectivity index (χ1n) is 6.67. The fourth-order valence-electron chi connectivity index (χ4n) is 2.67. The minimum absolute atomic E-state index is 0.219. The lowest BCUT2D eigenvalue weighted by Gasteiger charge is -2.18. The van der Waals surface area contributed by atoms with Crippen LogP contribution in [0.4, 0.5) is 0 Å². The number of ether oxygens (including phenoxy) is 1. The molecule has 0 saturated carbocycles. The first kappa shape index (κ1) is 13.5. The van der Waals surface area contributed by atoms with Crippen LogP contribution in [0.25, 0.3) is 0 Å². The molecular formula is C15H17ClN2O2. The molecule has 2 unspecified atom stereocenters. The van der Waals surface area contributed by atoms with Crippen molar-refractivity contribution >= 4 is 11.6 Å². The highest BCUT2D eigenvalue weighted by Crippen LogP contribution is 2.31. The molecule has 5 heteroatoms. The second-order valence-electron chi connectivity index (χ2n) is 5.22. The van der Waals surface area contributed by atoms with E-state index in [-0.39, 0.29) is 6.10 Å². The summed E-state index contributed by atoms with van der Waals surface area (Å²) >= 11 is 6.20. The van der Waals surface area contributed by atoms with E-state index in [1.165, 1.54) is 0 Å². The lowest BCUT2D eigenvalue weighted by atomic mass is 10.0. The number of aliphatic hydroxyl groups is 1. The van der Waals surface area contributed by atoms with Gasteiger partial charge in [-0.3, -0.25) is 4.68 Å². The van der Waals surface area contributed by atoms with Crippen LogP contribution in [0.2, 0.25) is 5.15 Å². The van der Waals surface area contributed by atoms with Crippen LogP contribution in [0.5, 0.6) is 5.75 Å². The van der Waals surface area contributed by atoms with Crippen molar-refractivity contribution in [1.82, 2.24) is 9.78 Å². The van der Waals surface area contributed by atoms with Gasteiger partial charge >= 0.3 is 0 Å². The molecular weight excluding hydrogens is 276 g/mol. The molecule has 0 amide bonds. The maximum absolute atomic E-state index is 10.4. The lowest BCUT2D eigenvalue weighted by molar-refractivity contribution is 0.0502. The molecule has 2 heterocycles. The molecule has 3 rings (SSSR count). The van der Waals surface area contributed by atoms with Gasteiger partial charge in [0, 0.05) is 25.5 Å². The summed E-state index contributed by atoms with van der Waals surface area (Å²) in [6.07, 6.45) is 0.372. The Morgan fingerprint density at radius 3 is 2.90 bits per heavy atom. The van der Waals surface area contributed by atoms with E-state index in [0.717, 1.165) is 29.0 Å². The summed E-state index contributed by atoms with van der Waals surface area (Å²) in [5.74, 6) is 0.866. The van der Waals surface area contributed by atoms with Crippen LogP contribution in [0.1, 0.15) is 16.8 Å². The molecule has 1 N–H and O–H groups in total. The van der Waals surface area contributed by atoms with Crippen molar-refractivity contribution in [2.45, 2.75) is 32.0 Å². The molecule has 0 spiro atoms. The van der Waals surface area contributed by atoms with Crippen molar-refractivity contribution in [2.75, 3.05) is 0 Å². The Morgan fingerprint density at radius 1 is 1.50 bits per heavy atom. The van der Waals surface area contributed by atoms with Crippen molar-refractivity contribution in [2.24, 2.45) is 7.05 Å². The Bertz CT molecular complexity index is 614. The fraction of sp³-hybridized carbons (Fsp3) is 0.400. The van der Waals surface area contributed by atoms with Crippen molar-refractivity contribution in [3.63, 3.8) is 0 Å². The Hall–Kier alpha value is -1.52. The fourth-order valence-corrected chi connectivity index (χ4v) is 2.92. The maximum atomic E-state index is 10.4. The van der Waals surface area contributed by atoms with Crippen LogP contribution in [0.3, 0.4) is 0 Å². The monoisotopic (exact) mass is 292 g/mol. The van der Waals surface area contributed by atoms with Crippen molar-refractivity contribution in [1.29, 1.82) is 0 Å². The average Bonchev–Trinajstić information content (AvgIpc) is 2.95. The molecule has 4 nitrogen and oxygen atoms in total. The lowest BCUT2D eigenvalue weighted by Crippen LogP contribution is -2.32. The van der Waals surface area contributed by atoms with Gasteiger partial charge < -0.3 is 9.84 Å². The Balaban J connectivity index is 1.74. The molecule has 0 aliphatic carbocycles. The van der Waals surface area contributed by atoms with E-state index < -0.39 is 6.10 Å². The molecule has 0 saturated heterocycles. The van der Waals surface area contributed by atoms with Crippen LogP contribution in [-0.4, -0.2) is 27.1 Å².